The predicted octanol–water partition coefficient (Wildman–Crippen LogP) is 1.74. The average Bonchev–Trinajstić information content (AvgIpc) is 2.54. The van der Waals surface area contributed by atoms with Crippen LogP contribution in [0.15, 0.2) is 30.3 Å². The van der Waals surface area contributed by atoms with E-state index in [-0.39, 0.29) is 11.9 Å². The number of carbonyl (C=O) groups excluding carboxylic acids is 2. The van der Waals surface area contributed by atoms with E-state index in [4.69, 9.17) is 0 Å². The SMILES string of the molecule is CNC(=O)N1CCC(CC(=O)NCc2ccccc2)CC1. The summed E-state index contributed by atoms with van der Waals surface area (Å²) >= 11 is 0. The summed E-state index contributed by atoms with van der Waals surface area (Å²) in [6.07, 6.45) is 2.34. The Balaban J connectivity index is 1.68. The van der Waals surface area contributed by atoms with Crippen molar-refractivity contribution in [2.45, 2.75) is 25.8 Å². The summed E-state index contributed by atoms with van der Waals surface area (Å²) in [5.74, 6) is 0.471. The molecular weight excluding hydrogens is 266 g/mol. The monoisotopic (exact) mass is 289 g/mol. The fourth-order valence-electron chi connectivity index (χ4n) is 2.63. The molecule has 1 aliphatic rings. The second kappa shape index (κ2) is 7.67. The van der Waals surface area contributed by atoms with Gasteiger partial charge in [-0.1, -0.05) is 30.3 Å². The smallest absolute Gasteiger partial charge is 0.317 e. The molecule has 0 bridgehead atoms. The lowest BCUT2D eigenvalue weighted by Crippen LogP contribution is -2.43. The Labute approximate surface area is 125 Å². The van der Waals surface area contributed by atoms with Crippen molar-refractivity contribution in [2.24, 2.45) is 5.92 Å². The van der Waals surface area contributed by atoms with Crippen LogP contribution in [0, 0.1) is 5.92 Å². The number of hydrogen-bond acceptors (Lipinski definition) is 2. The summed E-state index contributed by atoms with van der Waals surface area (Å²) in [6.45, 7) is 2.05. The summed E-state index contributed by atoms with van der Waals surface area (Å²) in [6, 6.07) is 9.88. The third kappa shape index (κ3) is 4.77. The quantitative estimate of drug-likeness (QED) is 0.887. The molecule has 3 amide bonds. The number of nitrogens with one attached hydrogen (secondary N) is 2. The topological polar surface area (TPSA) is 61.4 Å². The fourth-order valence-corrected chi connectivity index (χ4v) is 2.63. The van der Waals surface area contributed by atoms with Crippen molar-refractivity contribution in [3.63, 3.8) is 0 Å². The molecule has 0 atom stereocenters. The number of benzene rings is 1. The van der Waals surface area contributed by atoms with E-state index in [1.807, 2.05) is 30.3 Å². The minimum absolute atomic E-state index is 0.0259. The zero-order chi connectivity index (χ0) is 15.1. The van der Waals surface area contributed by atoms with Crippen LogP contribution in [0.4, 0.5) is 4.79 Å². The van der Waals surface area contributed by atoms with Gasteiger partial charge in [0, 0.05) is 33.1 Å². The van der Waals surface area contributed by atoms with Crippen molar-refractivity contribution < 1.29 is 9.59 Å². The van der Waals surface area contributed by atoms with Gasteiger partial charge in [-0.2, -0.15) is 0 Å². The molecule has 1 heterocycles. The molecule has 114 valence electrons. The molecule has 5 heteroatoms. The maximum absolute atomic E-state index is 12.0. The first kappa shape index (κ1) is 15.4. The van der Waals surface area contributed by atoms with E-state index in [9.17, 15) is 9.59 Å². The van der Waals surface area contributed by atoms with Crippen LogP contribution in [0.5, 0.6) is 0 Å². The van der Waals surface area contributed by atoms with E-state index in [2.05, 4.69) is 10.6 Å². The molecule has 1 aromatic rings. The van der Waals surface area contributed by atoms with Crippen molar-refractivity contribution in [3.05, 3.63) is 35.9 Å². The Hall–Kier alpha value is -2.04. The zero-order valence-corrected chi connectivity index (χ0v) is 12.5. The van der Waals surface area contributed by atoms with Crippen LogP contribution < -0.4 is 10.6 Å². The van der Waals surface area contributed by atoms with Crippen LogP contribution in [-0.2, 0) is 11.3 Å². The Morgan fingerprint density at radius 2 is 1.86 bits per heavy atom. The number of hydrogen-bond donors (Lipinski definition) is 2. The van der Waals surface area contributed by atoms with Crippen LogP contribution >= 0.6 is 0 Å². The molecular formula is C16H23N3O2. The summed E-state index contributed by atoms with van der Waals surface area (Å²) in [4.78, 5) is 25.2. The van der Waals surface area contributed by atoms with E-state index in [1.54, 1.807) is 11.9 Å². The molecule has 1 saturated heterocycles. The van der Waals surface area contributed by atoms with Crippen LogP contribution in [0.25, 0.3) is 0 Å². The van der Waals surface area contributed by atoms with E-state index >= 15 is 0 Å². The highest BCUT2D eigenvalue weighted by Crippen LogP contribution is 2.20. The number of rotatable bonds is 4. The lowest BCUT2D eigenvalue weighted by molar-refractivity contribution is -0.122. The van der Waals surface area contributed by atoms with Gasteiger partial charge in [0.05, 0.1) is 0 Å². The maximum atomic E-state index is 12.0. The van der Waals surface area contributed by atoms with Crippen molar-refractivity contribution in [1.29, 1.82) is 0 Å². The van der Waals surface area contributed by atoms with Gasteiger partial charge in [-0.3, -0.25) is 4.79 Å². The molecule has 0 aromatic heterocycles. The molecule has 0 radical (unpaired) electrons. The third-order valence-corrected chi connectivity index (χ3v) is 3.92. The van der Waals surface area contributed by atoms with Crippen LogP contribution in [0.3, 0.4) is 0 Å². The zero-order valence-electron chi connectivity index (χ0n) is 12.5. The highest BCUT2D eigenvalue weighted by Gasteiger charge is 2.23. The lowest BCUT2D eigenvalue weighted by Gasteiger charge is -2.31. The number of carbonyl (C=O) groups is 2. The maximum Gasteiger partial charge on any atom is 0.317 e. The van der Waals surface area contributed by atoms with E-state index in [0.717, 1.165) is 31.5 Å². The molecule has 5 nitrogen and oxygen atoms in total. The lowest BCUT2D eigenvalue weighted by atomic mass is 9.93. The standard InChI is InChI=1S/C16H23N3O2/c1-17-16(21)19-9-7-13(8-10-19)11-15(20)18-12-14-5-3-2-4-6-14/h2-6,13H,7-12H2,1H3,(H,17,21)(H,18,20). The van der Waals surface area contributed by atoms with Crippen molar-refractivity contribution in [1.82, 2.24) is 15.5 Å². The first-order valence-electron chi connectivity index (χ1n) is 7.46. The first-order chi connectivity index (χ1) is 10.2. The van der Waals surface area contributed by atoms with Gasteiger partial charge in [-0.05, 0) is 24.3 Å². The van der Waals surface area contributed by atoms with E-state index in [0.29, 0.717) is 18.9 Å². The van der Waals surface area contributed by atoms with E-state index < -0.39 is 0 Å². The number of piperidine rings is 1. The highest BCUT2D eigenvalue weighted by molar-refractivity contribution is 5.76. The fraction of sp³-hybridized carbons (Fsp3) is 0.500. The highest BCUT2D eigenvalue weighted by atomic mass is 16.2. The summed E-state index contributed by atoms with van der Waals surface area (Å²) in [5, 5.41) is 5.60. The predicted molar refractivity (Wildman–Crippen MR) is 81.7 cm³/mol. The minimum Gasteiger partial charge on any atom is -0.352 e. The van der Waals surface area contributed by atoms with Gasteiger partial charge in [-0.15, -0.1) is 0 Å². The third-order valence-electron chi connectivity index (χ3n) is 3.92. The second-order valence-corrected chi connectivity index (χ2v) is 5.45. The van der Waals surface area contributed by atoms with E-state index in [1.165, 1.54) is 0 Å². The minimum atomic E-state index is -0.0259. The number of nitrogens with zero attached hydrogens (tertiary/aromatic N) is 1. The Morgan fingerprint density at radius 3 is 2.48 bits per heavy atom. The van der Waals surface area contributed by atoms with Crippen LogP contribution in [-0.4, -0.2) is 37.0 Å². The molecule has 0 unspecified atom stereocenters. The van der Waals surface area contributed by atoms with Gasteiger partial charge >= 0.3 is 6.03 Å². The summed E-state index contributed by atoms with van der Waals surface area (Å²) < 4.78 is 0. The normalized spacial score (nSPS) is 15.6. The molecule has 21 heavy (non-hydrogen) atoms. The van der Waals surface area contributed by atoms with Gasteiger partial charge in [0.25, 0.3) is 0 Å². The van der Waals surface area contributed by atoms with Gasteiger partial charge in [-0.25, -0.2) is 4.79 Å². The molecule has 0 aliphatic carbocycles. The molecule has 2 N–H and O–H groups in total. The Kier molecular flexibility index (Phi) is 5.60. The Morgan fingerprint density at radius 1 is 1.19 bits per heavy atom. The average molecular weight is 289 g/mol. The molecule has 1 aliphatic heterocycles. The van der Waals surface area contributed by atoms with Crippen molar-refractivity contribution in [2.75, 3.05) is 20.1 Å². The second-order valence-electron chi connectivity index (χ2n) is 5.45. The van der Waals surface area contributed by atoms with Crippen LogP contribution in [0.1, 0.15) is 24.8 Å². The number of amides is 3. The van der Waals surface area contributed by atoms with Gasteiger partial charge < -0.3 is 15.5 Å². The van der Waals surface area contributed by atoms with Gasteiger partial charge in [0.1, 0.15) is 0 Å². The largest absolute Gasteiger partial charge is 0.352 e. The van der Waals surface area contributed by atoms with Crippen LogP contribution in [0.2, 0.25) is 0 Å². The van der Waals surface area contributed by atoms with Crippen molar-refractivity contribution in [3.8, 4) is 0 Å². The molecule has 0 saturated carbocycles. The summed E-state index contributed by atoms with van der Waals surface area (Å²) in [5.41, 5.74) is 1.11. The molecule has 2 rings (SSSR count). The number of likely N-dealkylation sites (tertiary alicyclic amines) is 1. The van der Waals surface area contributed by atoms with Gasteiger partial charge in [0.15, 0.2) is 0 Å². The number of urea groups is 1. The summed E-state index contributed by atoms with van der Waals surface area (Å²) in [7, 11) is 1.64. The molecule has 0 spiro atoms. The molecule has 1 fully saturated rings. The van der Waals surface area contributed by atoms with Crippen molar-refractivity contribution >= 4 is 11.9 Å². The Bertz CT molecular complexity index is 468. The van der Waals surface area contributed by atoms with Gasteiger partial charge in [0.2, 0.25) is 5.91 Å². The first-order valence-corrected chi connectivity index (χ1v) is 7.46. The molecule has 1 aromatic carbocycles.